The molecular weight excluding hydrogens is 274 g/mol. The third-order valence-corrected chi connectivity index (χ3v) is 3.19. The van der Waals surface area contributed by atoms with Crippen molar-refractivity contribution in [2.24, 2.45) is 0 Å². The van der Waals surface area contributed by atoms with Crippen LogP contribution in [0.5, 0.6) is 11.5 Å². The maximum Gasteiger partial charge on any atom is 0.258 e. The number of ether oxygens (including phenoxy) is 2. The lowest BCUT2D eigenvalue weighted by atomic mass is 9.98. The van der Waals surface area contributed by atoms with Gasteiger partial charge in [0.2, 0.25) is 0 Å². The number of hydrogen-bond acceptors (Lipinski definition) is 5. The first-order valence-electron chi connectivity index (χ1n) is 6.97. The molecule has 1 amide bonds. The zero-order valence-electron chi connectivity index (χ0n) is 12.5. The number of aliphatic hydroxyl groups excluding tert-OH is 2. The normalized spacial score (nSPS) is 11.0. The van der Waals surface area contributed by atoms with E-state index in [0.717, 1.165) is 5.75 Å². The van der Waals surface area contributed by atoms with E-state index in [4.69, 9.17) is 9.47 Å². The van der Waals surface area contributed by atoms with E-state index in [9.17, 15) is 15.0 Å². The van der Waals surface area contributed by atoms with Crippen LogP contribution in [-0.2, 0) is 4.79 Å². The van der Waals surface area contributed by atoms with Gasteiger partial charge in [-0.3, -0.25) is 4.79 Å². The first kappa shape index (κ1) is 17.3. The molecule has 118 valence electrons. The first-order chi connectivity index (χ1) is 10.1. The Morgan fingerprint density at radius 2 is 1.62 bits per heavy atom. The molecule has 0 spiro atoms. The van der Waals surface area contributed by atoms with Gasteiger partial charge in [-0.25, -0.2) is 0 Å². The molecule has 0 aliphatic heterocycles. The summed E-state index contributed by atoms with van der Waals surface area (Å²) in [5, 5.41) is 21.1. The zero-order chi connectivity index (χ0) is 15.7. The fourth-order valence-electron chi connectivity index (χ4n) is 1.72. The van der Waals surface area contributed by atoms with Crippen LogP contribution in [0, 0.1) is 0 Å². The summed E-state index contributed by atoms with van der Waals surface area (Å²) in [7, 11) is 0. The van der Waals surface area contributed by atoms with Gasteiger partial charge in [0.1, 0.15) is 11.5 Å². The summed E-state index contributed by atoms with van der Waals surface area (Å²) in [5.74, 6) is 0.886. The van der Waals surface area contributed by atoms with Crippen molar-refractivity contribution in [3.05, 3.63) is 24.3 Å². The van der Waals surface area contributed by atoms with Crippen LogP contribution < -0.4 is 14.8 Å². The van der Waals surface area contributed by atoms with Crippen LogP contribution >= 0.6 is 0 Å². The van der Waals surface area contributed by atoms with Crippen molar-refractivity contribution in [1.82, 2.24) is 5.32 Å². The molecular formula is C15H23NO5. The fraction of sp³-hybridized carbons (Fsp3) is 0.533. The molecule has 0 saturated carbocycles. The molecule has 0 heterocycles. The molecule has 21 heavy (non-hydrogen) atoms. The van der Waals surface area contributed by atoms with Gasteiger partial charge in [0.25, 0.3) is 5.91 Å². The topological polar surface area (TPSA) is 88.0 Å². The molecule has 6 nitrogen and oxygen atoms in total. The molecule has 1 aromatic carbocycles. The van der Waals surface area contributed by atoms with Crippen molar-refractivity contribution < 1.29 is 24.5 Å². The smallest absolute Gasteiger partial charge is 0.258 e. The Bertz CT molecular complexity index is 420. The molecule has 0 fully saturated rings. The molecule has 1 rings (SSSR count). The molecule has 6 heteroatoms. The van der Waals surface area contributed by atoms with Crippen LogP contribution in [0.1, 0.15) is 20.3 Å². The number of amides is 1. The van der Waals surface area contributed by atoms with Crippen LogP contribution in [0.4, 0.5) is 0 Å². The first-order valence-corrected chi connectivity index (χ1v) is 6.97. The van der Waals surface area contributed by atoms with E-state index in [-0.39, 0.29) is 19.8 Å². The van der Waals surface area contributed by atoms with Crippen LogP contribution in [0.2, 0.25) is 0 Å². The van der Waals surface area contributed by atoms with Crippen molar-refractivity contribution in [3.8, 4) is 11.5 Å². The Labute approximate surface area is 124 Å². The Hall–Kier alpha value is -1.79. The van der Waals surface area contributed by atoms with E-state index in [1.54, 1.807) is 31.2 Å². The highest BCUT2D eigenvalue weighted by Gasteiger charge is 2.28. The quantitative estimate of drug-likeness (QED) is 0.625. The molecule has 0 atom stereocenters. The predicted octanol–water partition coefficient (Wildman–Crippen LogP) is 0.714. The lowest BCUT2D eigenvalue weighted by Gasteiger charge is -2.29. The number of carbonyl (C=O) groups is 1. The summed E-state index contributed by atoms with van der Waals surface area (Å²) in [5.41, 5.74) is -1.00. The molecule has 0 aliphatic carbocycles. The van der Waals surface area contributed by atoms with Crippen molar-refractivity contribution in [1.29, 1.82) is 0 Å². The van der Waals surface area contributed by atoms with Gasteiger partial charge < -0.3 is 25.0 Å². The number of nitrogens with one attached hydrogen (secondary N) is 1. The summed E-state index contributed by atoms with van der Waals surface area (Å²) in [6, 6.07) is 6.94. The van der Waals surface area contributed by atoms with Gasteiger partial charge in [0, 0.05) is 0 Å². The highest BCUT2D eigenvalue weighted by atomic mass is 16.5. The lowest BCUT2D eigenvalue weighted by molar-refractivity contribution is -0.126. The molecule has 1 aromatic rings. The van der Waals surface area contributed by atoms with Gasteiger partial charge in [-0.05, 0) is 37.6 Å². The molecule has 0 bridgehead atoms. The minimum absolute atomic E-state index is 0.185. The standard InChI is InChI=1S/C15H23NO5/c1-3-15(10-17,11-18)16-14(19)9-21-13-7-5-12(6-8-13)20-4-2/h5-8,17-18H,3-4,9-11H2,1-2H3,(H,16,19). The number of rotatable bonds is 9. The minimum atomic E-state index is -1.00. The predicted molar refractivity (Wildman–Crippen MR) is 78.4 cm³/mol. The SMILES string of the molecule is CCOc1ccc(OCC(=O)NC(CC)(CO)CO)cc1. The third kappa shape index (κ3) is 5.24. The monoisotopic (exact) mass is 297 g/mol. The van der Waals surface area contributed by atoms with Crippen molar-refractivity contribution in [3.63, 3.8) is 0 Å². The second kappa shape index (κ2) is 8.49. The average Bonchev–Trinajstić information content (AvgIpc) is 2.52. The van der Waals surface area contributed by atoms with Gasteiger partial charge in [0.05, 0.1) is 25.4 Å². The van der Waals surface area contributed by atoms with Crippen LogP contribution in [0.15, 0.2) is 24.3 Å². The summed E-state index contributed by atoms with van der Waals surface area (Å²) >= 11 is 0. The Morgan fingerprint density at radius 3 is 2.05 bits per heavy atom. The molecule has 0 unspecified atom stereocenters. The van der Waals surface area contributed by atoms with Crippen molar-refractivity contribution >= 4 is 5.91 Å². The number of carbonyl (C=O) groups excluding carboxylic acids is 1. The number of hydrogen-bond donors (Lipinski definition) is 3. The molecule has 0 aliphatic rings. The minimum Gasteiger partial charge on any atom is -0.494 e. The molecule has 0 saturated heterocycles. The van der Waals surface area contributed by atoms with E-state index >= 15 is 0 Å². The van der Waals surface area contributed by atoms with Gasteiger partial charge in [0.15, 0.2) is 6.61 Å². The summed E-state index contributed by atoms with van der Waals surface area (Å²) in [6.45, 7) is 3.43. The van der Waals surface area contributed by atoms with Crippen LogP contribution in [-0.4, -0.2) is 48.1 Å². The molecule has 0 aromatic heterocycles. The highest BCUT2D eigenvalue weighted by molar-refractivity contribution is 5.78. The number of benzene rings is 1. The Kier molecular flexibility index (Phi) is 6.98. The van der Waals surface area contributed by atoms with E-state index in [2.05, 4.69) is 5.32 Å². The molecule has 0 radical (unpaired) electrons. The van der Waals surface area contributed by atoms with Gasteiger partial charge in [-0.1, -0.05) is 6.92 Å². The van der Waals surface area contributed by atoms with E-state index in [1.165, 1.54) is 0 Å². The number of aliphatic hydroxyl groups is 2. The summed E-state index contributed by atoms with van der Waals surface area (Å²) in [6.07, 6.45) is 0.425. The van der Waals surface area contributed by atoms with Gasteiger partial charge >= 0.3 is 0 Å². The van der Waals surface area contributed by atoms with E-state index in [1.807, 2.05) is 6.92 Å². The van der Waals surface area contributed by atoms with E-state index < -0.39 is 11.4 Å². The largest absolute Gasteiger partial charge is 0.494 e. The van der Waals surface area contributed by atoms with Gasteiger partial charge in [-0.2, -0.15) is 0 Å². The highest BCUT2D eigenvalue weighted by Crippen LogP contribution is 2.17. The third-order valence-electron chi connectivity index (χ3n) is 3.19. The lowest BCUT2D eigenvalue weighted by Crippen LogP contribution is -2.54. The average molecular weight is 297 g/mol. The second-order valence-corrected chi connectivity index (χ2v) is 4.69. The molecule has 3 N–H and O–H groups in total. The zero-order valence-corrected chi connectivity index (χ0v) is 12.5. The van der Waals surface area contributed by atoms with Gasteiger partial charge in [-0.15, -0.1) is 0 Å². The van der Waals surface area contributed by atoms with Crippen LogP contribution in [0.25, 0.3) is 0 Å². The van der Waals surface area contributed by atoms with E-state index in [0.29, 0.717) is 18.8 Å². The summed E-state index contributed by atoms with van der Waals surface area (Å²) < 4.78 is 10.7. The van der Waals surface area contributed by atoms with Crippen molar-refractivity contribution in [2.45, 2.75) is 25.8 Å². The Balaban J connectivity index is 2.49. The maximum atomic E-state index is 11.8. The van der Waals surface area contributed by atoms with Crippen LogP contribution in [0.3, 0.4) is 0 Å². The fourth-order valence-corrected chi connectivity index (χ4v) is 1.72. The van der Waals surface area contributed by atoms with Crippen molar-refractivity contribution in [2.75, 3.05) is 26.4 Å². The second-order valence-electron chi connectivity index (χ2n) is 4.69. The summed E-state index contributed by atoms with van der Waals surface area (Å²) in [4.78, 5) is 11.8. The Morgan fingerprint density at radius 1 is 1.10 bits per heavy atom. The maximum absolute atomic E-state index is 11.8.